The van der Waals surface area contributed by atoms with Crippen molar-refractivity contribution in [3.05, 3.63) is 28.2 Å². The van der Waals surface area contributed by atoms with Gasteiger partial charge in [-0.05, 0) is 33.6 Å². The van der Waals surface area contributed by atoms with Crippen LogP contribution in [0.15, 0.2) is 22.7 Å². The van der Waals surface area contributed by atoms with Gasteiger partial charge in [0.1, 0.15) is 9.84 Å². The second-order valence-corrected chi connectivity index (χ2v) is 7.65. The maximum atomic E-state index is 11.1. The molecule has 96 valence electrons. The van der Waals surface area contributed by atoms with Crippen molar-refractivity contribution in [2.24, 2.45) is 0 Å². The van der Waals surface area contributed by atoms with E-state index in [0.717, 1.165) is 15.5 Å². The molecular weight excluding hydrogens is 370 g/mol. The molecule has 0 aliphatic heterocycles. The van der Waals surface area contributed by atoms with Gasteiger partial charge >= 0.3 is 0 Å². The van der Waals surface area contributed by atoms with E-state index in [1.54, 1.807) is 0 Å². The highest BCUT2D eigenvalue weighted by Gasteiger charge is 2.09. The molecule has 0 saturated heterocycles. The van der Waals surface area contributed by atoms with E-state index in [9.17, 15) is 8.42 Å². The fraction of sp³-hybridized carbons (Fsp3) is 0.455. The summed E-state index contributed by atoms with van der Waals surface area (Å²) < 4.78 is 23.2. The first-order chi connectivity index (χ1) is 7.83. The van der Waals surface area contributed by atoms with Gasteiger partial charge in [0.15, 0.2) is 0 Å². The molecule has 3 nitrogen and oxygen atoms in total. The minimum Gasteiger partial charge on any atom is -0.373 e. The lowest BCUT2D eigenvalue weighted by Crippen LogP contribution is -2.25. The summed E-state index contributed by atoms with van der Waals surface area (Å²) in [7, 11) is -1.03. The van der Waals surface area contributed by atoms with Crippen molar-refractivity contribution in [1.29, 1.82) is 0 Å². The Morgan fingerprint density at radius 3 is 2.47 bits per heavy atom. The van der Waals surface area contributed by atoms with E-state index in [2.05, 4.69) is 31.9 Å². The van der Waals surface area contributed by atoms with Crippen LogP contribution in [0.2, 0.25) is 0 Å². The summed E-state index contributed by atoms with van der Waals surface area (Å²) in [6.07, 6.45) is 1.25. The van der Waals surface area contributed by atoms with Crippen LogP contribution in [0.25, 0.3) is 0 Å². The first-order valence-corrected chi connectivity index (χ1v) is 9.04. The molecule has 0 atom stereocenters. The number of hydrogen-bond acceptors (Lipinski definition) is 3. The number of halogens is 2. The van der Waals surface area contributed by atoms with E-state index in [0.29, 0.717) is 6.54 Å². The zero-order chi connectivity index (χ0) is 13.1. The van der Waals surface area contributed by atoms with Crippen LogP contribution in [0.3, 0.4) is 0 Å². The van der Waals surface area contributed by atoms with E-state index >= 15 is 0 Å². The largest absolute Gasteiger partial charge is 0.373 e. The monoisotopic (exact) mass is 383 g/mol. The molecule has 0 aromatic heterocycles. The molecule has 0 spiro atoms. The van der Waals surface area contributed by atoms with Crippen molar-refractivity contribution in [1.82, 2.24) is 0 Å². The predicted molar refractivity (Wildman–Crippen MR) is 79.8 cm³/mol. The number of benzene rings is 1. The Kier molecular flexibility index (Phi) is 5.47. The molecule has 0 aliphatic rings. The van der Waals surface area contributed by atoms with Crippen LogP contribution in [-0.2, 0) is 15.2 Å². The molecule has 0 saturated carbocycles. The molecule has 6 heteroatoms. The topological polar surface area (TPSA) is 37.4 Å². The van der Waals surface area contributed by atoms with Crippen molar-refractivity contribution in [2.45, 2.75) is 5.33 Å². The lowest BCUT2D eigenvalue weighted by Gasteiger charge is -2.20. The Morgan fingerprint density at radius 2 is 2.00 bits per heavy atom. The smallest absolute Gasteiger partial charge is 0.149 e. The van der Waals surface area contributed by atoms with Crippen LogP contribution in [-0.4, -0.2) is 34.0 Å². The van der Waals surface area contributed by atoms with Crippen molar-refractivity contribution in [2.75, 3.05) is 30.5 Å². The Morgan fingerprint density at radius 1 is 1.35 bits per heavy atom. The van der Waals surface area contributed by atoms with Crippen LogP contribution in [0, 0.1) is 0 Å². The normalized spacial score (nSPS) is 11.5. The molecule has 0 radical (unpaired) electrons. The fourth-order valence-electron chi connectivity index (χ4n) is 1.37. The third-order valence-electron chi connectivity index (χ3n) is 2.38. The van der Waals surface area contributed by atoms with E-state index in [1.807, 2.05) is 30.1 Å². The molecule has 0 bridgehead atoms. The molecule has 0 heterocycles. The van der Waals surface area contributed by atoms with Gasteiger partial charge in [-0.3, -0.25) is 0 Å². The van der Waals surface area contributed by atoms with Crippen molar-refractivity contribution < 1.29 is 8.42 Å². The van der Waals surface area contributed by atoms with Gasteiger partial charge in [0, 0.05) is 29.7 Å². The molecular formula is C11H15Br2NO2S. The number of sulfone groups is 1. The third-order valence-corrected chi connectivity index (χ3v) is 4.58. The number of rotatable bonds is 5. The summed E-state index contributed by atoms with van der Waals surface area (Å²) in [6, 6.07) is 6.04. The first kappa shape index (κ1) is 15.0. The van der Waals surface area contributed by atoms with Gasteiger partial charge < -0.3 is 4.90 Å². The maximum absolute atomic E-state index is 11.1. The van der Waals surface area contributed by atoms with Crippen molar-refractivity contribution >= 4 is 47.4 Å². The molecule has 1 rings (SSSR count). The Hall–Kier alpha value is -0.0700. The molecule has 1 aromatic carbocycles. The lowest BCUT2D eigenvalue weighted by molar-refractivity contribution is 0.601. The second-order valence-electron chi connectivity index (χ2n) is 3.97. The van der Waals surface area contributed by atoms with Gasteiger partial charge in [-0.2, -0.15) is 0 Å². The van der Waals surface area contributed by atoms with Crippen LogP contribution >= 0.6 is 31.9 Å². The summed E-state index contributed by atoms with van der Waals surface area (Å²) in [4.78, 5) is 1.93. The van der Waals surface area contributed by atoms with Gasteiger partial charge in [-0.15, -0.1) is 0 Å². The average Bonchev–Trinajstić information content (AvgIpc) is 2.24. The minimum atomic E-state index is -2.92. The molecule has 0 unspecified atom stereocenters. The van der Waals surface area contributed by atoms with Gasteiger partial charge in [-0.25, -0.2) is 8.42 Å². The zero-order valence-corrected chi connectivity index (χ0v) is 13.8. The number of alkyl halides is 1. The number of hydrogen-bond donors (Lipinski definition) is 0. The summed E-state index contributed by atoms with van der Waals surface area (Å²) in [5.74, 6) is 0.163. The second kappa shape index (κ2) is 6.20. The Labute approximate surface area is 119 Å². The van der Waals surface area contributed by atoms with Crippen LogP contribution in [0.4, 0.5) is 5.69 Å². The quantitative estimate of drug-likeness (QED) is 0.732. The highest BCUT2D eigenvalue weighted by Crippen LogP contribution is 2.27. The maximum Gasteiger partial charge on any atom is 0.149 e. The highest BCUT2D eigenvalue weighted by atomic mass is 79.9. The van der Waals surface area contributed by atoms with Crippen LogP contribution < -0.4 is 4.90 Å². The van der Waals surface area contributed by atoms with Gasteiger partial charge in [0.05, 0.1) is 11.4 Å². The molecule has 0 aliphatic carbocycles. The van der Waals surface area contributed by atoms with E-state index in [-0.39, 0.29) is 5.75 Å². The number of anilines is 1. The van der Waals surface area contributed by atoms with Gasteiger partial charge in [0.2, 0.25) is 0 Å². The van der Waals surface area contributed by atoms with Crippen LogP contribution in [0.1, 0.15) is 5.56 Å². The average molecular weight is 385 g/mol. The highest BCUT2D eigenvalue weighted by molar-refractivity contribution is 9.10. The number of nitrogens with zero attached hydrogens (tertiary/aromatic N) is 1. The van der Waals surface area contributed by atoms with E-state index in [4.69, 9.17) is 0 Å². The SMILES string of the molecule is CN(CCS(C)(=O)=O)c1ccc(CBr)cc1Br. The van der Waals surface area contributed by atoms with Gasteiger partial charge in [0.25, 0.3) is 0 Å². The van der Waals surface area contributed by atoms with Crippen molar-refractivity contribution in [3.63, 3.8) is 0 Å². The van der Waals surface area contributed by atoms with E-state index in [1.165, 1.54) is 11.8 Å². The fourth-order valence-corrected chi connectivity index (χ4v) is 3.05. The van der Waals surface area contributed by atoms with E-state index < -0.39 is 9.84 Å². The van der Waals surface area contributed by atoms with Crippen LogP contribution in [0.5, 0.6) is 0 Å². The minimum absolute atomic E-state index is 0.163. The van der Waals surface area contributed by atoms with Crippen molar-refractivity contribution in [3.8, 4) is 0 Å². The van der Waals surface area contributed by atoms with Gasteiger partial charge in [-0.1, -0.05) is 22.0 Å². The molecule has 0 fully saturated rings. The molecule has 0 N–H and O–H groups in total. The summed E-state index contributed by atoms with van der Waals surface area (Å²) in [5, 5.41) is 0.804. The Bertz CT molecular complexity index is 488. The Balaban J connectivity index is 2.79. The zero-order valence-electron chi connectivity index (χ0n) is 9.78. The molecule has 17 heavy (non-hydrogen) atoms. The third kappa shape index (κ3) is 4.97. The first-order valence-electron chi connectivity index (χ1n) is 5.07. The standard InChI is InChI=1S/C11H15Br2NO2S/c1-14(5-6-17(2,15)16)11-4-3-9(8-12)7-10(11)13/h3-4,7H,5-6,8H2,1-2H3. The lowest BCUT2D eigenvalue weighted by atomic mass is 10.2. The molecule has 1 aromatic rings. The molecule has 0 amide bonds. The summed E-state index contributed by atoms with van der Waals surface area (Å²) in [5.41, 5.74) is 2.18. The summed E-state index contributed by atoms with van der Waals surface area (Å²) in [6.45, 7) is 0.491. The summed E-state index contributed by atoms with van der Waals surface area (Å²) >= 11 is 6.89. The predicted octanol–water partition coefficient (Wildman–Crippen LogP) is 2.82.